The Morgan fingerprint density at radius 3 is 2.87 bits per heavy atom. The summed E-state index contributed by atoms with van der Waals surface area (Å²) >= 11 is 5.91. The maximum Gasteiger partial charge on any atom is 0.0715 e. The molecule has 0 heterocycles. The quantitative estimate of drug-likeness (QED) is 0.813. The lowest BCUT2D eigenvalue weighted by Crippen LogP contribution is -2.19. The maximum absolute atomic E-state index is 5.91. The molecule has 84 valence electrons. The van der Waals surface area contributed by atoms with Crippen molar-refractivity contribution >= 4 is 17.3 Å². The third-order valence-corrected chi connectivity index (χ3v) is 2.51. The van der Waals surface area contributed by atoms with Crippen molar-refractivity contribution < 1.29 is 4.74 Å². The second-order valence-electron chi connectivity index (χ2n) is 3.43. The molecule has 0 aromatic heterocycles. The van der Waals surface area contributed by atoms with E-state index in [0.717, 1.165) is 17.8 Å². The number of anilines is 1. The minimum Gasteiger partial charge on any atom is -0.382 e. The molecule has 4 heteroatoms. The molecule has 0 spiro atoms. The second kappa shape index (κ2) is 5.95. The highest BCUT2D eigenvalue weighted by Crippen LogP contribution is 2.20. The van der Waals surface area contributed by atoms with Gasteiger partial charge in [-0.1, -0.05) is 17.7 Å². The lowest BCUT2D eigenvalue weighted by Gasteiger charge is -2.14. The highest BCUT2D eigenvalue weighted by Gasteiger charge is 2.03. The Morgan fingerprint density at radius 2 is 2.27 bits per heavy atom. The standard InChI is InChI=1S/C11H17ClN2O/c1-8(15-2)7-14-11-5-10(12)4-3-9(11)6-13/h3-5,8,14H,6-7,13H2,1-2H3. The normalized spacial score (nSPS) is 12.5. The molecule has 1 aromatic rings. The second-order valence-corrected chi connectivity index (χ2v) is 3.87. The van der Waals surface area contributed by atoms with Crippen LogP contribution in [0, 0.1) is 0 Å². The van der Waals surface area contributed by atoms with Gasteiger partial charge in [0.05, 0.1) is 6.10 Å². The van der Waals surface area contributed by atoms with E-state index in [1.54, 1.807) is 7.11 Å². The molecule has 0 bridgehead atoms. The minimum absolute atomic E-state index is 0.162. The molecule has 0 amide bonds. The Morgan fingerprint density at radius 1 is 1.53 bits per heavy atom. The Bertz CT molecular complexity index is 317. The highest BCUT2D eigenvalue weighted by atomic mass is 35.5. The molecule has 0 saturated carbocycles. The number of hydrogen-bond donors (Lipinski definition) is 2. The van der Waals surface area contributed by atoms with Crippen LogP contribution in [0.1, 0.15) is 12.5 Å². The van der Waals surface area contributed by atoms with Gasteiger partial charge in [0.2, 0.25) is 0 Å². The Labute approximate surface area is 95.6 Å². The van der Waals surface area contributed by atoms with E-state index in [-0.39, 0.29) is 6.10 Å². The molecule has 0 radical (unpaired) electrons. The summed E-state index contributed by atoms with van der Waals surface area (Å²) in [5.41, 5.74) is 7.66. The van der Waals surface area contributed by atoms with E-state index >= 15 is 0 Å². The van der Waals surface area contributed by atoms with Crippen LogP contribution in [0.3, 0.4) is 0 Å². The van der Waals surface area contributed by atoms with Gasteiger partial charge in [0.15, 0.2) is 0 Å². The molecule has 15 heavy (non-hydrogen) atoms. The van der Waals surface area contributed by atoms with Crippen LogP contribution in [0.5, 0.6) is 0 Å². The average Bonchev–Trinajstić information content (AvgIpc) is 2.26. The highest BCUT2D eigenvalue weighted by molar-refractivity contribution is 6.30. The zero-order valence-corrected chi connectivity index (χ0v) is 9.84. The fraction of sp³-hybridized carbons (Fsp3) is 0.455. The van der Waals surface area contributed by atoms with Crippen LogP contribution in [0.2, 0.25) is 5.02 Å². The van der Waals surface area contributed by atoms with E-state index in [4.69, 9.17) is 22.1 Å². The number of benzene rings is 1. The summed E-state index contributed by atoms with van der Waals surface area (Å²) in [6.07, 6.45) is 0.162. The fourth-order valence-corrected chi connectivity index (χ4v) is 1.40. The van der Waals surface area contributed by atoms with Crippen molar-refractivity contribution in [3.05, 3.63) is 28.8 Å². The molecule has 0 saturated heterocycles. The predicted molar refractivity (Wildman–Crippen MR) is 64.3 cm³/mol. The zero-order chi connectivity index (χ0) is 11.3. The molecule has 1 rings (SSSR count). The summed E-state index contributed by atoms with van der Waals surface area (Å²) in [6, 6.07) is 5.66. The Kier molecular flexibility index (Phi) is 4.88. The van der Waals surface area contributed by atoms with E-state index < -0.39 is 0 Å². The first-order chi connectivity index (χ1) is 7.17. The van der Waals surface area contributed by atoms with Crippen molar-refractivity contribution in [3.63, 3.8) is 0 Å². The smallest absolute Gasteiger partial charge is 0.0715 e. The molecule has 0 fully saturated rings. The van der Waals surface area contributed by atoms with Gasteiger partial charge < -0.3 is 15.8 Å². The molecule has 1 aromatic carbocycles. The van der Waals surface area contributed by atoms with Crippen LogP contribution in [0.15, 0.2) is 18.2 Å². The van der Waals surface area contributed by atoms with Crippen LogP contribution in [-0.4, -0.2) is 19.8 Å². The zero-order valence-electron chi connectivity index (χ0n) is 9.09. The van der Waals surface area contributed by atoms with Crippen molar-refractivity contribution in [2.24, 2.45) is 5.73 Å². The predicted octanol–water partition coefficient (Wildman–Crippen LogP) is 2.25. The molecule has 0 aliphatic heterocycles. The van der Waals surface area contributed by atoms with Gasteiger partial charge in [-0.05, 0) is 24.6 Å². The van der Waals surface area contributed by atoms with E-state index in [1.165, 1.54) is 0 Å². The molecule has 0 aliphatic carbocycles. The van der Waals surface area contributed by atoms with E-state index in [1.807, 2.05) is 25.1 Å². The van der Waals surface area contributed by atoms with Crippen LogP contribution >= 0.6 is 11.6 Å². The first kappa shape index (κ1) is 12.3. The van der Waals surface area contributed by atoms with Crippen molar-refractivity contribution in [3.8, 4) is 0 Å². The van der Waals surface area contributed by atoms with Crippen molar-refractivity contribution in [1.82, 2.24) is 0 Å². The van der Waals surface area contributed by atoms with Crippen molar-refractivity contribution in [2.45, 2.75) is 19.6 Å². The number of hydrogen-bond acceptors (Lipinski definition) is 3. The number of methoxy groups -OCH3 is 1. The topological polar surface area (TPSA) is 47.3 Å². The van der Waals surface area contributed by atoms with E-state index in [0.29, 0.717) is 11.6 Å². The van der Waals surface area contributed by atoms with Crippen LogP contribution in [0.25, 0.3) is 0 Å². The lowest BCUT2D eigenvalue weighted by atomic mass is 10.1. The minimum atomic E-state index is 0.162. The van der Waals surface area contributed by atoms with Gasteiger partial charge >= 0.3 is 0 Å². The van der Waals surface area contributed by atoms with Gasteiger partial charge in [0.25, 0.3) is 0 Å². The van der Waals surface area contributed by atoms with Gasteiger partial charge in [-0.3, -0.25) is 0 Å². The summed E-state index contributed by atoms with van der Waals surface area (Å²) in [4.78, 5) is 0. The first-order valence-electron chi connectivity index (χ1n) is 4.92. The van der Waals surface area contributed by atoms with Crippen molar-refractivity contribution in [1.29, 1.82) is 0 Å². The summed E-state index contributed by atoms with van der Waals surface area (Å²) < 4.78 is 5.15. The SMILES string of the molecule is COC(C)CNc1cc(Cl)ccc1CN. The van der Waals surface area contributed by atoms with Crippen LogP contribution in [0.4, 0.5) is 5.69 Å². The van der Waals surface area contributed by atoms with Gasteiger partial charge in [0.1, 0.15) is 0 Å². The van der Waals surface area contributed by atoms with Crippen LogP contribution < -0.4 is 11.1 Å². The number of rotatable bonds is 5. The maximum atomic E-state index is 5.91. The molecule has 3 nitrogen and oxygen atoms in total. The molecule has 0 aliphatic rings. The molecule has 1 unspecified atom stereocenters. The summed E-state index contributed by atoms with van der Waals surface area (Å²) in [6.45, 7) is 3.24. The van der Waals surface area contributed by atoms with E-state index in [9.17, 15) is 0 Å². The fourth-order valence-electron chi connectivity index (χ4n) is 1.23. The monoisotopic (exact) mass is 228 g/mol. The molecule has 1 atom stereocenters. The van der Waals surface area contributed by atoms with Gasteiger partial charge in [-0.25, -0.2) is 0 Å². The summed E-state index contributed by atoms with van der Waals surface area (Å²) in [5.74, 6) is 0. The number of nitrogens with two attached hydrogens (primary N) is 1. The number of ether oxygens (including phenoxy) is 1. The summed E-state index contributed by atoms with van der Waals surface area (Å²) in [5, 5.41) is 3.97. The number of halogens is 1. The first-order valence-corrected chi connectivity index (χ1v) is 5.30. The molecular weight excluding hydrogens is 212 g/mol. The lowest BCUT2D eigenvalue weighted by molar-refractivity contribution is 0.129. The summed E-state index contributed by atoms with van der Waals surface area (Å²) in [7, 11) is 1.69. The third kappa shape index (κ3) is 3.70. The largest absolute Gasteiger partial charge is 0.382 e. The van der Waals surface area contributed by atoms with Gasteiger partial charge in [-0.15, -0.1) is 0 Å². The Balaban J connectivity index is 2.69. The number of nitrogens with one attached hydrogen (secondary N) is 1. The Hall–Kier alpha value is -0.770. The molecule has 3 N–H and O–H groups in total. The van der Waals surface area contributed by atoms with Gasteiger partial charge in [0, 0.05) is 30.9 Å². The van der Waals surface area contributed by atoms with Crippen molar-refractivity contribution in [2.75, 3.05) is 19.0 Å². The molecular formula is C11H17ClN2O. The average molecular weight is 229 g/mol. The van der Waals surface area contributed by atoms with E-state index in [2.05, 4.69) is 5.32 Å². The van der Waals surface area contributed by atoms with Crippen LogP contribution in [-0.2, 0) is 11.3 Å². The van der Waals surface area contributed by atoms with Gasteiger partial charge in [-0.2, -0.15) is 0 Å². The third-order valence-electron chi connectivity index (χ3n) is 2.27.